The number of anilines is 1. The number of rotatable bonds is 2. The summed E-state index contributed by atoms with van der Waals surface area (Å²) in [6, 6.07) is 14.2. The summed E-state index contributed by atoms with van der Waals surface area (Å²) in [6.45, 7) is 0. The van der Waals surface area contributed by atoms with Crippen LogP contribution in [-0.2, 0) is 0 Å². The van der Waals surface area contributed by atoms with E-state index in [1.165, 1.54) is 0 Å². The van der Waals surface area contributed by atoms with Crippen LogP contribution >= 0.6 is 0 Å². The van der Waals surface area contributed by atoms with Crippen molar-refractivity contribution in [2.45, 2.75) is 0 Å². The number of carboxylic acids is 1. The number of nitrogens with two attached hydrogens (primary N) is 1. The monoisotopic (exact) mass is 231 g/mol. The summed E-state index contributed by atoms with van der Waals surface area (Å²) in [4.78, 5) is 10.7. The van der Waals surface area contributed by atoms with Gasteiger partial charge < -0.3 is 16.3 Å². The summed E-state index contributed by atoms with van der Waals surface area (Å²) in [5.74, 6) is -0.913. The maximum absolute atomic E-state index is 10.7. The van der Waals surface area contributed by atoms with Gasteiger partial charge in [-0.05, 0) is 35.4 Å². The van der Waals surface area contributed by atoms with Crippen LogP contribution < -0.4 is 5.73 Å². The highest BCUT2D eigenvalue weighted by Gasteiger charge is 2.02. The van der Waals surface area contributed by atoms with E-state index in [-0.39, 0.29) is 5.48 Å². The Morgan fingerprint density at radius 1 is 0.882 bits per heavy atom. The first kappa shape index (κ1) is 12.7. The maximum Gasteiger partial charge on any atom is 0.335 e. The van der Waals surface area contributed by atoms with Crippen LogP contribution in [0.4, 0.5) is 5.69 Å². The molecule has 0 amide bonds. The molecule has 0 aliphatic heterocycles. The molecule has 0 saturated carbocycles. The molecule has 0 heterocycles. The number of hydrogen-bond donors (Lipinski definition) is 2. The summed E-state index contributed by atoms with van der Waals surface area (Å²) >= 11 is 0. The topological polar surface area (TPSA) is 94.8 Å². The Bertz CT molecular complexity index is 503. The summed E-state index contributed by atoms with van der Waals surface area (Å²) in [5, 5.41) is 8.77. The van der Waals surface area contributed by atoms with Crippen LogP contribution in [0.5, 0.6) is 0 Å². The van der Waals surface area contributed by atoms with E-state index < -0.39 is 5.97 Å². The van der Waals surface area contributed by atoms with Crippen LogP contribution in [0.1, 0.15) is 10.4 Å². The smallest absolute Gasteiger partial charge is 0.335 e. The molecule has 88 valence electrons. The molecule has 0 atom stereocenters. The van der Waals surface area contributed by atoms with E-state index >= 15 is 0 Å². The van der Waals surface area contributed by atoms with Crippen molar-refractivity contribution in [3.8, 4) is 11.1 Å². The molecule has 0 spiro atoms. The van der Waals surface area contributed by atoms with Crippen LogP contribution in [-0.4, -0.2) is 16.6 Å². The Kier molecular flexibility index (Phi) is 3.85. The molecule has 4 nitrogen and oxygen atoms in total. The SMILES string of the molecule is Nc1ccc(-c2ccc(C(=O)O)cc2)cc1.O. The third-order valence-electron chi connectivity index (χ3n) is 2.38. The summed E-state index contributed by atoms with van der Waals surface area (Å²) in [5.41, 5.74) is 8.59. The molecule has 0 fully saturated rings. The lowest BCUT2D eigenvalue weighted by atomic mass is 10.0. The van der Waals surface area contributed by atoms with Gasteiger partial charge in [0.1, 0.15) is 0 Å². The third kappa shape index (κ3) is 2.83. The van der Waals surface area contributed by atoms with E-state index in [0.717, 1.165) is 11.1 Å². The fourth-order valence-electron chi connectivity index (χ4n) is 1.48. The van der Waals surface area contributed by atoms with Gasteiger partial charge >= 0.3 is 5.97 Å². The number of hydrogen-bond acceptors (Lipinski definition) is 2. The Balaban J connectivity index is 0.00000144. The van der Waals surface area contributed by atoms with Gasteiger partial charge in [-0.3, -0.25) is 0 Å². The van der Waals surface area contributed by atoms with Crippen molar-refractivity contribution >= 4 is 11.7 Å². The normalized spacial score (nSPS) is 9.41. The van der Waals surface area contributed by atoms with E-state index in [1.807, 2.05) is 24.3 Å². The molecule has 0 aliphatic rings. The van der Waals surface area contributed by atoms with Gasteiger partial charge in [0.15, 0.2) is 0 Å². The van der Waals surface area contributed by atoms with Crippen molar-refractivity contribution in [1.29, 1.82) is 0 Å². The zero-order valence-corrected chi connectivity index (χ0v) is 9.05. The highest BCUT2D eigenvalue weighted by molar-refractivity contribution is 5.88. The molecule has 2 aromatic rings. The first-order chi connectivity index (χ1) is 7.66. The Morgan fingerprint density at radius 3 is 1.71 bits per heavy atom. The molecule has 0 unspecified atom stereocenters. The zero-order valence-electron chi connectivity index (χ0n) is 9.05. The highest BCUT2D eigenvalue weighted by atomic mass is 16.4. The molecule has 17 heavy (non-hydrogen) atoms. The number of benzene rings is 2. The minimum atomic E-state index is -0.913. The Morgan fingerprint density at radius 2 is 1.29 bits per heavy atom. The van der Waals surface area contributed by atoms with Crippen molar-refractivity contribution in [2.24, 2.45) is 0 Å². The molecular weight excluding hydrogens is 218 g/mol. The number of nitrogen functional groups attached to an aromatic ring is 1. The number of carbonyl (C=O) groups is 1. The van der Waals surface area contributed by atoms with Crippen LogP contribution in [0.15, 0.2) is 48.5 Å². The molecule has 5 N–H and O–H groups in total. The molecule has 0 aliphatic carbocycles. The second kappa shape index (κ2) is 5.14. The largest absolute Gasteiger partial charge is 0.478 e. The van der Waals surface area contributed by atoms with Crippen molar-refractivity contribution in [3.05, 3.63) is 54.1 Å². The van der Waals surface area contributed by atoms with Crippen molar-refractivity contribution in [2.75, 3.05) is 5.73 Å². The van der Waals surface area contributed by atoms with Crippen molar-refractivity contribution < 1.29 is 15.4 Å². The van der Waals surface area contributed by atoms with Gasteiger partial charge in [0.25, 0.3) is 0 Å². The lowest BCUT2D eigenvalue weighted by Gasteiger charge is -2.02. The maximum atomic E-state index is 10.7. The van der Waals surface area contributed by atoms with Crippen LogP contribution in [0.25, 0.3) is 11.1 Å². The summed E-state index contributed by atoms with van der Waals surface area (Å²) in [7, 11) is 0. The standard InChI is InChI=1S/C13H11NO2.H2O/c14-12-7-5-10(6-8-12)9-1-3-11(4-2-9)13(15)16;/h1-8H,14H2,(H,15,16);1H2. The molecule has 0 saturated heterocycles. The van der Waals surface area contributed by atoms with Crippen molar-refractivity contribution in [3.63, 3.8) is 0 Å². The average Bonchev–Trinajstić information content (AvgIpc) is 2.30. The molecule has 0 bridgehead atoms. The van der Waals surface area contributed by atoms with E-state index in [0.29, 0.717) is 11.3 Å². The van der Waals surface area contributed by atoms with Gasteiger partial charge in [0.05, 0.1) is 5.56 Å². The highest BCUT2D eigenvalue weighted by Crippen LogP contribution is 2.20. The molecule has 2 rings (SSSR count). The first-order valence-electron chi connectivity index (χ1n) is 4.86. The third-order valence-corrected chi connectivity index (χ3v) is 2.38. The average molecular weight is 231 g/mol. The van der Waals surface area contributed by atoms with E-state index in [4.69, 9.17) is 10.8 Å². The van der Waals surface area contributed by atoms with Gasteiger partial charge in [-0.15, -0.1) is 0 Å². The number of carboxylic acid groups (broad SMARTS) is 1. The molecular formula is C13H13NO3. The van der Waals surface area contributed by atoms with Crippen molar-refractivity contribution in [1.82, 2.24) is 0 Å². The van der Waals surface area contributed by atoms with Crippen LogP contribution in [0.2, 0.25) is 0 Å². The van der Waals surface area contributed by atoms with Gasteiger partial charge in [-0.1, -0.05) is 24.3 Å². The lowest BCUT2D eigenvalue weighted by molar-refractivity contribution is 0.0697. The minimum absolute atomic E-state index is 0. The van der Waals surface area contributed by atoms with Crippen LogP contribution in [0.3, 0.4) is 0 Å². The Labute approximate surface area is 98.6 Å². The fraction of sp³-hybridized carbons (Fsp3) is 0. The van der Waals surface area contributed by atoms with Crippen LogP contribution in [0, 0.1) is 0 Å². The predicted molar refractivity (Wildman–Crippen MR) is 66.9 cm³/mol. The van der Waals surface area contributed by atoms with E-state index in [1.54, 1.807) is 24.3 Å². The quantitative estimate of drug-likeness (QED) is 0.771. The van der Waals surface area contributed by atoms with E-state index in [9.17, 15) is 4.79 Å². The summed E-state index contributed by atoms with van der Waals surface area (Å²) in [6.07, 6.45) is 0. The number of aromatic carboxylic acids is 1. The first-order valence-corrected chi connectivity index (χ1v) is 4.86. The Hall–Kier alpha value is -2.33. The van der Waals surface area contributed by atoms with Gasteiger partial charge in [-0.25, -0.2) is 4.79 Å². The van der Waals surface area contributed by atoms with Gasteiger partial charge in [-0.2, -0.15) is 0 Å². The van der Waals surface area contributed by atoms with E-state index in [2.05, 4.69) is 0 Å². The van der Waals surface area contributed by atoms with Gasteiger partial charge in [0.2, 0.25) is 0 Å². The lowest BCUT2D eigenvalue weighted by Crippen LogP contribution is -1.94. The summed E-state index contributed by atoms with van der Waals surface area (Å²) < 4.78 is 0. The molecule has 2 aromatic carbocycles. The molecule has 0 aromatic heterocycles. The fourth-order valence-corrected chi connectivity index (χ4v) is 1.48. The minimum Gasteiger partial charge on any atom is -0.478 e. The predicted octanol–water partition coefficient (Wildman–Crippen LogP) is 1.81. The molecule has 0 radical (unpaired) electrons. The second-order valence-electron chi connectivity index (χ2n) is 3.50. The second-order valence-corrected chi connectivity index (χ2v) is 3.50. The van der Waals surface area contributed by atoms with Gasteiger partial charge in [0, 0.05) is 5.69 Å². The zero-order chi connectivity index (χ0) is 11.5. The molecule has 4 heteroatoms.